The fraction of sp³-hybridized carbons (Fsp3) is 0.538. The molecule has 0 aliphatic rings. The van der Waals surface area contributed by atoms with E-state index in [1.54, 1.807) is 17.0 Å². The molecule has 0 saturated heterocycles. The zero-order chi connectivity index (χ0) is 15.2. The van der Waals surface area contributed by atoms with Crippen LogP contribution in [0.1, 0.15) is 5.56 Å². The van der Waals surface area contributed by atoms with Gasteiger partial charge in [-0.05, 0) is 24.6 Å². The number of sulfone groups is 1. The maximum absolute atomic E-state index is 12.2. The van der Waals surface area contributed by atoms with Crippen molar-refractivity contribution in [2.75, 3.05) is 43.6 Å². The van der Waals surface area contributed by atoms with Crippen LogP contribution in [-0.4, -0.2) is 62.4 Å². The van der Waals surface area contributed by atoms with E-state index in [2.05, 4.69) is 0 Å². The van der Waals surface area contributed by atoms with Crippen LogP contribution in [0.4, 0.5) is 5.69 Å². The second-order valence-corrected chi connectivity index (χ2v) is 6.53. The Labute approximate surface area is 119 Å². The molecule has 1 aromatic carbocycles. The topological polar surface area (TPSA) is 98.1 Å². The van der Waals surface area contributed by atoms with Crippen LogP contribution in [0.3, 0.4) is 0 Å². The molecule has 0 saturated carbocycles. The van der Waals surface area contributed by atoms with Crippen molar-refractivity contribution >= 4 is 15.5 Å². The molecule has 0 aromatic heterocycles. The zero-order valence-corrected chi connectivity index (χ0v) is 12.3. The van der Waals surface area contributed by atoms with Gasteiger partial charge >= 0.3 is 0 Å². The lowest BCUT2D eigenvalue weighted by atomic mass is 10.2. The van der Waals surface area contributed by atoms with E-state index in [-0.39, 0.29) is 37.0 Å². The molecule has 0 radical (unpaired) electrons. The van der Waals surface area contributed by atoms with Gasteiger partial charge in [-0.3, -0.25) is 0 Å². The first-order valence-corrected chi connectivity index (χ1v) is 8.02. The van der Waals surface area contributed by atoms with E-state index in [4.69, 9.17) is 15.3 Å². The molecular formula is C13H21NO5S. The highest BCUT2D eigenvalue weighted by molar-refractivity contribution is 7.91. The second kappa shape index (κ2) is 7.58. The Bertz CT molecular complexity index is 524. The molecule has 7 heteroatoms. The van der Waals surface area contributed by atoms with Crippen molar-refractivity contribution in [1.29, 1.82) is 0 Å². The normalized spacial score (nSPS) is 11.6. The molecule has 0 atom stereocenters. The molecule has 0 aliphatic carbocycles. The molecule has 20 heavy (non-hydrogen) atoms. The van der Waals surface area contributed by atoms with Crippen molar-refractivity contribution in [1.82, 2.24) is 0 Å². The Morgan fingerprint density at radius 3 is 2.15 bits per heavy atom. The summed E-state index contributed by atoms with van der Waals surface area (Å²) < 4.78 is 24.3. The van der Waals surface area contributed by atoms with Crippen molar-refractivity contribution in [3.8, 4) is 0 Å². The first kappa shape index (κ1) is 16.9. The molecule has 114 valence electrons. The minimum absolute atomic E-state index is 0.110. The lowest BCUT2D eigenvalue weighted by Gasteiger charge is -2.26. The van der Waals surface area contributed by atoms with Gasteiger partial charge in [-0.15, -0.1) is 0 Å². The van der Waals surface area contributed by atoms with Crippen molar-refractivity contribution < 1.29 is 23.7 Å². The summed E-state index contributed by atoms with van der Waals surface area (Å²) in [4.78, 5) is 1.73. The monoisotopic (exact) mass is 303 g/mol. The van der Waals surface area contributed by atoms with Crippen LogP contribution in [0.2, 0.25) is 0 Å². The molecule has 0 spiro atoms. The van der Waals surface area contributed by atoms with E-state index in [1.807, 2.05) is 6.92 Å². The third-order valence-electron chi connectivity index (χ3n) is 2.89. The first-order valence-electron chi connectivity index (χ1n) is 6.37. The van der Waals surface area contributed by atoms with E-state index < -0.39 is 16.4 Å². The van der Waals surface area contributed by atoms with Crippen molar-refractivity contribution in [3.05, 3.63) is 23.8 Å². The second-order valence-electron chi connectivity index (χ2n) is 4.45. The molecule has 0 amide bonds. The highest BCUT2D eigenvalue weighted by Crippen LogP contribution is 2.27. The average Bonchev–Trinajstić information content (AvgIpc) is 2.38. The summed E-state index contributed by atoms with van der Waals surface area (Å²) in [5, 5.41) is 27.0. The molecule has 0 bridgehead atoms. The highest BCUT2D eigenvalue weighted by atomic mass is 32.2. The highest BCUT2D eigenvalue weighted by Gasteiger charge is 2.21. The van der Waals surface area contributed by atoms with Gasteiger partial charge in [0.25, 0.3) is 0 Å². The number of rotatable bonds is 8. The Balaban J connectivity index is 3.31. The van der Waals surface area contributed by atoms with Gasteiger partial charge in [-0.1, -0.05) is 6.07 Å². The zero-order valence-electron chi connectivity index (χ0n) is 11.5. The molecule has 6 nitrogen and oxygen atoms in total. The molecule has 3 N–H and O–H groups in total. The van der Waals surface area contributed by atoms with E-state index in [0.29, 0.717) is 5.69 Å². The predicted molar refractivity (Wildman–Crippen MR) is 76.7 cm³/mol. The van der Waals surface area contributed by atoms with Crippen molar-refractivity contribution in [2.45, 2.75) is 11.8 Å². The fourth-order valence-electron chi connectivity index (χ4n) is 1.96. The van der Waals surface area contributed by atoms with Gasteiger partial charge in [0, 0.05) is 13.1 Å². The molecular weight excluding hydrogens is 282 g/mol. The Morgan fingerprint density at radius 2 is 1.65 bits per heavy atom. The number of hydrogen-bond acceptors (Lipinski definition) is 6. The van der Waals surface area contributed by atoms with Crippen molar-refractivity contribution in [3.63, 3.8) is 0 Å². The van der Waals surface area contributed by atoms with Crippen LogP contribution < -0.4 is 4.90 Å². The van der Waals surface area contributed by atoms with E-state index in [0.717, 1.165) is 5.56 Å². The average molecular weight is 303 g/mol. The summed E-state index contributed by atoms with van der Waals surface area (Å²) in [7, 11) is -3.59. The van der Waals surface area contributed by atoms with Crippen LogP contribution in [0, 0.1) is 6.92 Å². The lowest BCUT2D eigenvalue weighted by molar-refractivity contribution is 0.281. The van der Waals surface area contributed by atoms with Gasteiger partial charge in [0.2, 0.25) is 0 Å². The van der Waals surface area contributed by atoms with Gasteiger partial charge in [-0.25, -0.2) is 8.42 Å². The van der Waals surface area contributed by atoms with Gasteiger partial charge in [0.1, 0.15) is 0 Å². The molecule has 0 unspecified atom stereocenters. The molecule has 1 aromatic rings. The maximum atomic E-state index is 12.2. The third-order valence-corrected chi connectivity index (χ3v) is 4.63. The van der Waals surface area contributed by atoms with E-state index >= 15 is 0 Å². The Kier molecular flexibility index (Phi) is 6.41. The minimum Gasteiger partial charge on any atom is -0.395 e. The number of nitrogens with zero attached hydrogens (tertiary/aromatic N) is 1. The van der Waals surface area contributed by atoms with Crippen LogP contribution in [-0.2, 0) is 9.84 Å². The molecule has 0 aliphatic heterocycles. The third kappa shape index (κ3) is 4.17. The quantitative estimate of drug-likeness (QED) is 0.602. The SMILES string of the molecule is Cc1ccc(S(=O)(=O)CCO)c(N(CCO)CCO)c1. The van der Waals surface area contributed by atoms with Gasteiger partial charge in [0.15, 0.2) is 9.84 Å². The summed E-state index contributed by atoms with van der Waals surface area (Å²) in [5.41, 5.74) is 1.32. The summed E-state index contributed by atoms with van der Waals surface area (Å²) in [6.07, 6.45) is 0. The predicted octanol–water partition coefficient (Wildman–Crippen LogP) is -0.448. The molecule has 1 rings (SSSR count). The summed E-state index contributed by atoms with van der Waals surface area (Å²) in [6, 6.07) is 4.89. The van der Waals surface area contributed by atoms with Gasteiger partial charge in [-0.2, -0.15) is 0 Å². The number of aliphatic hydroxyl groups excluding tert-OH is 3. The standard InChI is InChI=1S/C13H21NO5S/c1-11-2-3-13(20(18,19)9-8-17)12(10-11)14(4-6-15)5-7-16/h2-3,10,15-17H,4-9H2,1H3. The lowest BCUT2D eigenvalue weighted by Crippen LogP contribution is -2.31. The number of aliphatic hydroxyl groups is 3. The van der Waals surface area contributed by atoms with Crippen LogP contribution in [0.5, 0.6) is 0 Å². The Morgan fingerprint density at radius 1 is 1.05 bits per heavy atom. The minimum atomic E-state index is -3.59. The van der Waals surface area contributed by atoms with Gasteiger partial charge in [0.05, 0.1) is 36.2 Å². The number of benzene rings is 1. The number of anilines is 1. The van der Waals surface area contributed by atoms with E-state index in [1.165, 1.54) is 6.07 Å². The molecule has 0 fully saturated rings. The smallest absolute Gasteiger partial charge is 0.182 e. The summed E-state index contributed by atoms with van der Waals surface area (Å²) in [5.74, 6) is -0.352. The summed E-state index contributed by atoms with van der Waals surface area (Å²) >= 11 is 0. The number of hydrogen-bond donors (Lipinski definition) is 3. The Hall–Kier alpha value is -1.15. The fourth-order valence-corrected chi connectivity index (χ4v) is 3.20. The van der Waals surface area contributed by atoms with Crippen LogP contribution >= 0.6 is 0 Å². The first-order chi connectivity index (χ1) is 9.46. The van der Waals surface area contributed by atoms with E-state index in [9.17, 15) is 8.42 Å². The van der Waals surface area contributed by atoms with Crippen LogP contribution in [0.15, 0.2) is 23.1 Å². The molecule has 0 heterocycles. The summed E-state index contributed by atoms with van der Waals surface area (Å²) in [6.45, 7) is 1.55. The number of aryl methyl sites for hydroxylation is 1. The van der Waals surface area contributed by atoms with Crippen LogP contribution in [0.25, 0.3) is 0 Å². The van der Waals surface area contributed by atoms with Crippen molar-refractivity contribution in [2.24, 2.45) is 0 Å². The van der Waals surface area contributed by atoms with Gasteiger partial charge < -0.3 is 20.2 Å². The largest absolute Gasteiger partial charge is 0.395 e. The maximum Gasteiger partial charge on any atom is 0.182 e.